The van der Waals surface area contributed by atoms with Crippen LogP contribution >= 0.6 is 0 Å². The number of nitrogens with zero attached hydrogens (tertiary/aromatic N) is 3. The van der Waals surface area contributed by atoms with Crippen molar-refractivity contribution < 1.29 is 14.4 Å². The van der Waals surface area contributed by atoms with Gasteiger partial charge in [-0.15, -0.1) is 0 Å². The molecule has 1 atom stereocenters. The van der Waals surface area contributed by atoms with Gasteiger partial charge in [0.15, 0.2) is 0 Å². The number of carbonyl (C=O) groups is 3. The Balaban J connectivity index is 1.33. The van der Waals surface area contributed by atoms with E-state index in [4.69, 9.17) is 0 Å². The number of carbonyl (C=O) groups excluding carboxylic acids is 3. The topological polar surface area (TPSA) is 60.9 Å². The number of fused-ring (bicyclic) bond motifs is 2. The zero-order valence-corrected chi connectivity index (χ0v) is 13.6. The second-order valence-corrected chi connectivity index (χ2v) is 6.65. The number of benzene rings is 1. The van der Waals surface area contributed by atoms with E-state index in [1.165, 1.54) is 10.5 Å². The van der Waals surface area contributed by atoms with Crippen LogP contribution in [-0.4, -0.2) is 53.3 Å². The fourth-order valence-corrected chi connectivity index (χ4v) is 4.01. The lowest BCUT2D eigenvalue weighted by Gasteiger charge is -2.19. The highest BCUT2D eigenvalue weighted by Crippen LogP contribution is 2.29. The Hall–Kier alpha value is -2.37. The maximum Gasteiger partial charge on any atom is 0.327 e. The van der Waals surface area contributed by atoms with Crippen LogP contribution in [0.15, 0.2) is 24.3 Å². The lowest BCUT2D eigenvalue weighted by molar-refractivity contribution is -0.128. The molecule has 3 heterocycles. The SMILES string of the molecule is O=C1[C@@H]2CCCN2C(=O)N1CCCC(=O)N1CCc2ccccc21. The van der Waals surface area contributed by atoms with Gasteiger partial charge in [0.1, 0.15) is 6.04 Å². The molecule has 6 heteroatoms. The summed E-state index contributed by atoms with van der Waals surface area (Å²) in [5.41, 5.74) is 2.20. The van der Waals surface area contributed by atoms with Crippen molar-refractivity contribution in [2.45, 2.75) is 38.1 Å². The zero-order chi connectivity index (χ0) is 16.7. The molecule has 0 spiro atoms. The monoisotopic (exact) mass is 327 g/mol. The summed E-state index contributed by atoms with van der Waals surface area (Å²) in [6.45, 7) is 1.73. The Morgan fingerprint density at radius 3 is 2.83 bits per heavy atom. The molecule has 0 bridgehead atoms. The van der Waals surface area contributed by atoms with E-state index in [1.54, 1.807) is 4.90 Å². The van der Waals surface area contributed by atoms with Crippen LogP contribution in [0.2, 0.25) is 0 Å². The van der Waals surface area contributed by atoms with E-state index < -0.39 is 0 Å². The summed E-state index contributed by atoms with van der Waals surface area (Å²) in [6.07, 6.45) is 3.45. The number of anilines is 1. The highest BCUT2D eigenvalue weighted by molar-refractivity contribution is 6.04. The molecule has 3 aliphatic heterocycles. The molecule has 2 fully saturated rings. The first-order valence-electron chi connectivity index (χ1n) is 8.67. The number of urea groups is 1. The number of para-hydroxylation sites is 1. The second kappa shape index (κ2) is 5.92. The second-order valence-electron chi connectivity index (χ2n) is 6.65. The number of imide groups is 1. The molecule has 0 aromatic heterocycles. The minimum Gasteiger partial charge on any atom is -0.312 e. The molecule has 4 rings (SSSR count). The van der Waals surface area contributed by atoms with Gasteiger partial charge in [-0.25, -0.2) is 4.79 Å². The summed E-state index contributed by atoms with van der Waals surface area (Å²) < 4.78 is 0. The van der Waals surface area contributed by atoms with Crippen LogP contribution in [-0.2, 0) is 16.0 Å². The van der Waals surface area contributed by atoms with Gasteiger partial charge in [-0.05, 0) is 37.3 Å². The largest absolute Gasteiger partial charge is 0.327 e. The molecule has 1 aromatic rings. The fraction of sp³-hybridized carbons (Fsp3) is 0.500. The van der Waals surface area contributed by atoms with Crippen LogP contribution in [0.25, 0.3) is 0 Å². The minimum absolute atomic E-state index is 0.0690. The van der Waals surface area contributed by atoms with Gasteiger partial charge in [0, 0.05) is 31.7 Å². The predicted molar refractivity (Wildman–Crippen MR) is 88.6 cm³/mol. The van der Waals surface area contributed by atoms with Gasteiger partial charge in [0.05, 0.1) is 0 Å². The van der Waals surface area contributed by atoms with Crippen molar-refractivity contribution >= 4 is 23.5 Å². The van der Waals surface area contributed by atoms with Crippen LogP contribution in [0.5, 0.6) is 0 Å². The van der Waals surface area contributed by atoms with Crippen LogP contribution in [0.1, 0.15) is 31.2 Å². The Kier molecular flexibility index (Phi) is 3.75. The fourth-order valence-electron chi connectivity index (χ4n) is 4.01. The van der Waals surface area contributed by atoms with Gasteiger partial charge in [-0.1, -0.05) is 18.2 Å². The molecule has 0 aliphatic carbocycles. The molecular weight excluding hydrogens is 306 g/mol. The smallest absolute Gasteiger partial charge is 0.312 e. The number of rotatable bonds is 4. The molecule has 0 saturated carbocycles. The van der Waals surface area contributed by atoms with Gasteiger partial charge < -0.3 is 9.80 Å². The summed E-state index contributed by atoms with van der Waals surface area (Å²) in [6, 6.07) is 7.53. The summed E-state index contributed by atoms with van der Waals surface area (Å²) in [4.78, 5) is 41.8. The average Bonchev–Trinajstić information content (AvgIpc) is 3.27. The summed E-state index contributed by atoms with van der Waals surface area (Å²) in [7, 11) is 0. The van der Waals surface area contributed by atoms with E-state index in [1.807, 2.05) is 23.1 Å². The number of amides is 4. The van der Waals surface area contributed by atoms with Crippen molar-refractivity contribution in [2.24, 2.45) is 0 Å². The van der Waals surface area contributed by atoms with Crippen molar-refractivity contribution in [1.82, 2.24) is 9.80 Å². The first-order chi connectivity index (χ1) is 11.7. The highest BCUT2D eigenvalue weighted by Gasteiger charge is 2.46. The molecule has 6 nitrogen and oxygen atoms in total. The maximum absolute atomic E-state index is 12.5. The lowest BCUT2D eigenvalue weighted by atomic mass is 10.2. The van der Waals surface area contributed by atoms with Gasteiger partial charge >= 0.3 is 6.03 Å². The Morgan fingerprint density at radius 1 is 1.17 bits per heavy atom. The Morgan fingerprint density at radius 2 is 2.00 bits per heavy atom. The molecule has 2 saturated heterocycles. The van der Waals surface area contributed by atoms with Crippen molar-refractivity contribution in [3.05, 3.63) is 29.8 Å². The van der Waals surface area contributed by atoms with Crippen LogP contribution in [0, 0.1) is 0 Å². The van der Waals surface area contributed by atoms with E-state index >= 15 is 0 Å². The predicted octanol–water partition coefficient (Wildman–Crippen LogP) is 1.78. The van der Waals surface area contributed by atoms with Gasteiger partial charge in [0.25, 0.3) is 5.91 Å². The third kappa shape index (κ3) is 2.37. The Labute approximate surface area is 141 Å². The summed E-state index contributed by atoms with van der Waals surface area (Å²) in [5, 5.41) is 0. The molecule has 126 valence electrons. The van der Waals surface area contributed by atoms with Crippen molar-refractivity contribution in [1.29, 1.82) is 0 Å². The quantitative estimate of drug-likeness (QED) is 0.792. The molecular formula is C18H21N3O3. The van der Waals surface area contributed by atoms with Crippen LogP contribution in [0.3, 0.4) is 0 Å². The lowest BCUT2D eigenvalue weighted by Crippen LogP contribution is -2.35. The third-order valence-corrected chi connectivity index (χ3v) is 5.24. The molecule has 0 radical (unpaired) electrons. The number of hydrogen-bond acceptors (Lipinski definition) is 3. The summed E-state index contributed by atoms with van der Waals surface area (Å²) >= 11 is 0. The normalized spacial score (nSPS) is 22.3. The molecule has 0 N–H and O–H groups in total. The number of hydrogen-bond donors (Lipinski definition) is 0. The Bertz CT molecular complexity index is 681. The van der Waals surface area contributed by atoms with Crippen molar-refractivity contribution in [3.63, 3.8) is 0 Å². The first kappa shape index (κ1) is 15.2. The van der Waals surface area contributed by atoms with Crippen molar-refractivity contribution in [2.75, 3.05) is 24.5 Å². The maximum atomic E-state index is 12.5. The average molecular weight is 327 g/mol. The van der Waals surface area contributed by atoms with Crippen LogP contribution < -0.4 is 4.90 Å². The highest BCUT2D eigenvalue weighted by atomic mass is 16.2. The summed E-state index contributed by atoms with van der Waals surface area (Å²) in [5.74, 6) is -0.0176. The van der Waals surface area contributed by atoms with E-state index in [0.29, 0.717) is 25.9 Å². The van der Waals surface area contributed by atoms with Gasteiger partial charge in [-0.3, -0.25) is 14.5 Å². The standard InChI is InChI=1S/C18H21N3O3/c22-16(19-12-9-13-5-1-2-6-14(13)19)8-4-11-21-17(23)15-7-3-10-20(15)18(21)24/h1-2,5-6,15H,3-4,7-12H2/t15-/m0/s1. The minimum atomic E-state index is -0.251. The zero-order valence-electron chi connectivity index (χ0n) is 13.6. The van der Waals surface area contributed by atoms with Crippen molar-refractivity contribution in [3.8, 4) is 0 Å². The van der Waals surface area contributed by atoms with E-state index in [0.717, 1.165) is 31.5 Å². The molecule has 3 aliphatic rings. The third-order valence-electron chi connectivity index (χ3n) is 5.24. The molecule has 0 unspecified atom stereocenters. The molecule has 1 aromatic carbocycles. The molecule has 24 heavy (non-hydrogen) atoms. The van der Waals surface area contributed by atoms with Crippen LogP contribution in [0.4, 0.5) is 10.5 Å². The first-order valence-corrected chi connectivity index (χ1v) is 8.67. The van der Waals surface area contributed by atoms with Gasteiger partial charge in [0.2, 0.25) is 5.91 Å². The van der Waals surface area contributed by atoms with Gasteiger partial charge in [-0.2, -0.15) is 0 Å². The van der Waals surface area contributed by atoms with E-state index in [9.17, 15) is 14.4 Å². The van der Waals surface area contributed by atoms with E-state index in [2.05, 4.69) is 6.07 Å². The molecule has 4 amide bonds. The van der Waals surface area contributed by atoms with E-state index in [-0.39, 0.29) is 23.9 Å².